The summed E-state index contributed by atoms with van der Waals surface area (Å²) in [5.74, 6) is 2.29. The molecule has 0 spiro atoms. The number of nitro benzene ring substituents is 1. The molecule has 0 aromatic heterocycles. The van der Waals surface area contributed by atoms with Crippen molar-refractivity contribution in [2.24, 2.45) is 0 Å². The van der Waals surface area contributed by atoms with E-state index in [9.17, 15) is 10.1 Å². The van der Waals surface area contributed by atoms with Crippen LogP contribution in [-0.2, 0) is 6.54 Å². The minimum atomic E-state index is -0.365. The van der Waals surface area contributed by atoms with Crippen molar-refractivity contribution in [3.63, 3.8) is 0 Å². The van der Waals surface area contributed by atoms with Gasteiger partial charge in [-0.15, -0.1) is 0 Å². The quantitative estimate of drug-likeness (QED) is 0.439. The van der Waals surface area contributed by atoms with Gasteiger partial charge >= 0.3 is 0 Å². The van der Waals surface area contributed by atoms with Crippen LogP contribution in [0, 0.1) is 10.1 Å². The van der Waals surface area contributed by atoms with E-state index < -0.39 is 0 Å². The van der Waals surface area contributed by atoms with Crippen molar-refractivity contribution in [1.29, 1.82) is 0 Å². The summed E-state index contributed by atoms with van der Waals surface area (Å²) in [5.41, 5.74) is 1.05. The second-order valence-corrected chi connectivity index (χ2v) is 6.65. The topological polar surface area (TPSA) is 55.2 Å². The van der Waals surface area contributed by atoms with Crippen molar-refractivity contribution < 1.29 is 4.92 Å². The van der Waals surface area contributed by atoms with Crippen molar-refractivity contribution in [3.05, 3.63) is 38.3 Å². The van der Waals surface area contributed by atoms with Gasteiger partial charge in [-0.3, -0.25) is 10.1 Å². The summed E-state index contributed by atoms with van der Waals surface area (Å²) in [7, 11) is 0. The summed E-state index contributed by atoms with van der Waals surface area (Å²) >= 11 is 5.23. The van der Waals surface area contributed by atoms with Crippen LogP contribution in [0.2, 0.25) is 0 Å². The van der Waals surface area contributed by atoms with E-state index in [2.05, 4.69) is 35.1 Å². The van der Waals surface area contributed by atoms with Crippen LogP contribution in [0.5, 0.6) is 0 Å². The predicted molar refractivity (Wildman–Crippen MR) is 84.7 cm³/mol. The zero-order valence-electron chi connectivity index (χ0n) is 11.2. The van der Waals surface area contributed by atoms with Gasteiger partial charge in [0.15, 0.2) is 0 Å². The summed E-state index contributed by atoms with van der Waals surface area (Å²) in [6.45, 7) is 4.95. The van der Waals surface area contributed by atoms with E-state index in [1.165, 1.54) is 6.07 Å². The Hall–Kier alpha value is -0.590. The average Bonchev–Trinajstić information content (AvgIpc) is 2.36. The maximum Gasteiger partial charge on any atom is 0.270 e. The summed E-state index contributed by atoms with van der Waals surface area (Å²) in [6.07, 6.45) is 1.11. The molecule has 0 aliphatic heterocycles. The van der Waals surface area contributed by atoms with Gasteiger partial charge in [-0.25, -0.2) is 0 Å². The molecule has 1 rings (SSSR count). The molecule has 1 atom stereocenters. The highest BCUT2D eigenvalue weighted by atomic mass is 79.9. The first-order chi connectivity index (χ1) is 9.02. The Labute approximate surface area is 126 Å². The van der Waals surface area contributed by atoms with E-state index in [0.29, 0.717) is 12.6 Å². The molecule has 4 nitrogen and oxygen atoms in total. The molecule has 1 aromatic rings. The third-order valence-corrected chi connectivity index (χ3v) is 4.10. The Kier molecular flexibility index (Phi) is 7.41. The standard InChI is InChI=1S/C13H19BrN2O2S/c1-3-19-5-4-10(2)15-9-11-6-12(14)8-13(7-11)16(17)18/h6-8,10,15H,3-5,9H2,1-2H3. The van der Waals surface area contributed by atoms with E-state index in [1.54, 1.807) is 6.07 Å². The molecular weight excluding hydrogens is 328 g/mol. The fraction of sp³-hybridized carbons (Fsp3) is 0.538. The third kappa shape index (κ3) is 6.40. The van der Waals surface area contributed by atoms with E-state index in [1.807, 2.05) is 17.8 Å². The van der Waals surface area contributed by atoms with Crippen LogP contribution in [0.3, 0.4) is 0 Å². The first kappa shape index (κ1) is 16.5. The third-order valence-electron chi connectivity index (χ3n) is 2.71. The Bertz CT molecular complexity index is 429. The Balaban J connectivity index is 2.50. The average molecular weight is 347 g/mol. The highest BCUT2D eigenvalue weighted by Crippen LogP contribution is 2.21. The normalized spacial score (nSPS) is 12.4. The zero-order valence-corrected chi connectivity index (χ0v) is 13.6. The van der Waals surface area contributed by atoms with Gasteiger partial charge in [0, 0.05) is 29.2 Å². The highest BCUT2D eigenvalue weighted by molar-refractivity contribution is 9.10. The Morgan fingerprint density at radius 3 is 2.84 bits per heavy atom. The first-order valence-electron chi connectivity index (χ1n) is 6.28. The van der Waals surface area contributed by atoms with Crippen molar-refractivity contribution in [3.8, 4) is 0 Å². The largest absolute Gasteiger partial charge is 0.310 e. The van der Waals surface area contributed by atoms with Gasteiger partial charge in [-0.05, 0) is 36.5 Å². The lowest BCUT2D eigenvalue weighted by Crippen LogP contribution is -2.26. The molecule has 0 saturated heterocycles. The van der Waals surface area contributed by atoms with E-state index in [-0.39, 0.29) is 10.6 Å². The van der Waals surface area contributed by atoms with Gasteiger partial charge in [-0.2, -0.15) is 11.8 Å². The fourth-order valence-corrected chi connectivity index (χ4v) is 2.98. The van der Waals surface area contributed by atoms with Gasteiger partial charge in [0.2, 0.25) is 0 Å². The monoisotopic (exact) mass is 346 g/mol. The molecule has 0 bridgehead atoms. The van der Waals surface area contributed by atoms with Gasteiger partial charge < -0.3 is 5.32 Å². The van der Waals surface area contributed by atoms with Gasteiger partial charge in [0.1, 0.15) is 0 Å². The van der Waals surface area contributed by atoms with Crippen LogP contribution in [0.15, 0.2) is 22.7 Å². The maximum atomic E-state index is 10.8. The van der Waals surface area contributed by atoms with Crippen LogP contribution in [0.25, 0.3) is 0 Å². The molecule has 0 aliphatic carbocycles. The first-order valence-corrected chi connectivity index (χ1v) is 8.22. The molecule has 0 heterocycles. The Morgan fingerprint density at radius 2 is 2.21 bits per heavy atom. The number of hydrogen-bond donors (Lipinski definition) is 1. The lowest BCUT2D eigenvalue weighted by Gasteiger charge is -2.13. The molecule has 0 amide bonds. The lowest BCUT2D eigenvalue weighted by atomic mass is 10.2. The second-order valence-electron chi connectivity index (χ2n) is 4.34. The van der Waals surface area contributed by atoms with Crippen LogP contribution in [-0.4, -0.2) is 22.5 Å². The molecule has 1 unspecified atom stereocenters. The predicted octanol–water partition coefficient (Wildman–Crippen LogP) is 3.98. The molecule has 0 aliphatic rings. The summed E-state index contributed by atoms with van der Waals surface area (Å²) in [6, 6.07) is 5.46. The summed E-state index contributed by atoms with van der Waals surface area (Å²) in [5, 5.41) is 14.2. The number of thioether (sulfide) groups is 1. The number of halogens is 1. The molecule has 106 valence electrons. The van der Waals surface area contributed by atoms with Crippen LogP contribution >= 0.6 is 27.7 Å². The number of nitrogens with zero attached hydrogens (tertiary/aromatic N) is 1. The second kappa shape index (κ2) is 8.55. The molecule has 6 heteroatoms. The van der Waals surface area contributed by atoms with Gasteiger partial charge in [0.25, 0.3) is 5.69 Å². The van der Waals surface area contributed by atoms with E-state index in [4.69, 9.17) is 0 Å². The Morgan fingerprint density at radius 1 is 1.47 bits per heavy atom. The minimum absolute atomic E-state index is 0.125. The molecule has 1 aromatic carbocycles. The molecule has 0 radical (unpaired) electrons. The number of non-ortho nitro benzene ring substituents is 1. The van der Waals surface area contributed by atoms with Gasteiger partial charge in [0.05, 0.1) is 4.92 Å². The molecule has 1 N–H and O–H groups in total. The van der Waals surface area contributed by atoms with Crippen molar-refractivity contribution in [2.75, 3.05) is 11.5 Å². The number of hydrogen-bond acceptors (Lipinski definition) is 4. The van der Waals surface area contributed by atoms with Crippen LogP contribution in [0.4, 0.5) is 5.69 Å². The number of rotatable bonds is 8. The minimum Gasteiger partial charge on any atom is -0.310 e. The molecule has 19 heavy (non-hydrogen) atoms. The highest BCUT2D eigenvalue weighted by Gasteiger charge is 2.09. The number of nitrogens with one attached hydrogen (secondary N) is 1. The smallest absolute Gasteiger partial charge is 0.270 e. The SMILES string of the molecule is CCSCCC(C)NCc1cc(Br)cc([N+](=O)[O-])c1. The molecule has 0 saturated carbocycles. The van der Waals surface area contributed by atoms with E-state index in [0.717, 1.165) is 28.0 Å². The maximum absolute atomic E-state index is 10.8. The molecular formula is C13H19BrN2O2S. The van der Waals surface area contributed by atoms with Crippen molar-refractivity contribution in [2.45, 2.75) is 32.9 Å². The summed E-state index contributed by atoms with van der Waals surface area (Å²) < 4.78 is 0.743. The lowest BCUT2D eigenvalue weighted by molar-refractivity contribution is -0.385. The summed E-state index contributed by atoms with van der Waals surface area (Å²) in [4.78, 5) is 10.4. The van der Waals surface area contributed by atoms with Crippen molar-refractivity contribution >= 4 is 33.4 Å². The van der Waals surface area contributed by atoms with Crippen LogP contribution < -0.4 is 5.32 Å². The van der Waals surface area contributed by atoms with E-state index >= 15 is 0 Å². The molecule has 0 fully saturated rings. The van der Waals surface area contributed by atoms with Crippen LogP contribution in [0.1, 0.15) is 25.8 Å². The number of benzene rings is 1. The zero-order chi connectivity index (χ0) is 14.3. The fourth-order valence-electron chi connectivity index (χ4n) is 1.64. The van der Waals surface area contributed by atoms with Gasteiger partial charge in [-0.1, -0.05) is 22.9 Å². The van der Waals surface area contributed by atoms with Crippen molar-refractivity contribution in [1.82, 2.24) is 5.32 Å². The number of nitro groups is 1.